The summed E-state index contributed by atoms with van der Waals surface area (Å²) < 4.78 is 5.80. The van der Waals surface area contributed by atoms with Gasteiger partial charge >= 0.3 is 5.97 Å². The Morgan fingerprint density at radius 1 is 1.18 bits per heavy atom. The van der Waals surface area contributed by atoms with Crippen molar-refractivity contribution in [1.82, 2.24) is 9.78 Å². The third-order valence-corrected chi connectivity index (χ3v) is 3.31. The first-order valence-corrected chi connectivity index (χ1v) is 6.85. The van der Waals surface area contributed by atoms with Gasteiger partial charge in [-0.2, -0.15) is 5.10 Å². The van der Waals surface area contributed by atoms with E-state index in [1.165, 1.54) is 24.1 Å². The maximum Gasteiger partial charge on any atom is 0.330 e. The molecule has 0 radical (unpaired) electrons. The Balaban J connectivity index is 2.30. The first-order valence-electron chi connectivity index (χ1n) is 6.85. The van der Waals surface area contributed by atoms with Crippen LogP contribution in [0.5, 0.6) is 0 Å². The van der Waals surface area contributed by atoms with Crippen molar-refractivity contribution < 1.29 is 14.3 Å². The molecule has 0 aliphatic carbocycles. The number of aromatic nitrogens is 2. The molecule has 5 nitrogen and oxygen atoms in total. The Morgan fingerprint density at radius 2 is 1.82 bits per heavy atom. The molecule has 0 N–H and O–H groups in total. The van der Waals surface area contributed by atoms with Crippen molar-refractivity contribution >= 4 is 18.0 Å². The predicted molar refractivity (Wildman–Crippen MR) is 83.7 cm³/mol. The van der Waals surface area contributed by atoms with Crippen LogP contribution in [-0.4, -0.2) is 28.8 Å². The van der Waals surface area contributed by atoms with Gasteiger partial charge in [-0.25, -0.2) is 9.48 Å². The minimum atomic E-state index is -0.454. The summed E-state index contributed by atoms with van der Waals surface area (Å²) in [6, 6.07) is 3.95. The molecule has 0 atom stereocenters. The maximum atomic E-state index is 12.6. The van der Waals surface area contributed by atoms with E-state index >= 15 is 0 Å². The van der Waals surface area contributed by atoms with Crippen LogP contribution in [0, 0.1) is 20.8 Å². The van der Waals surface area contributed by atoms with Gasteiger partial charge in [0.15, 0.2) is 0 Å². The zero-order valence-corrected chi connectivity index (χ0v) is 13.1. The summed E-state index contributed by atoms with van der Waals surface area (Å²) in [5.74, 6) is -0.642. The molecule has 1 aromatic heterocycles. The summed E-state index contributed by atoms with van der Waals surface area (Å²) in [6.07, 6.45) is 5.95. The van der Waals surface area contributed by atoms with Crippen molar-refractivity contribution in [3.8, 4) is 0 Å². The van der Waals surface area contributed by atoms with Gasteiger partial charge in [0.25, 0.3) is 5.91 Å². The van der Waals surface area contributed by atoms with Crippen molar-refractivity contribution in [2.24, 2.45) is 0 Å². The number of hydrogen-bond donors (Lipinski definition) is 0. The monoisotopic (exact) mass is 298 g/mol. The van der Waals surface area contributed by atoms with Gasteiger partial charge in [-0.3, -0.25) is 4.79 Å². The fourth-order valence-electron chi connectivity index (χ4n) is 2.40. The lowest BCUT2D eigenvalue weighted by atomic mass is 9.99. The summed E-state index contributed by atoms with van der Waals surface area (Å²) in [4.78, 5) is 23.7. The van der Waals surface area contributed by atoms with E-state index in [1.807, 2.05) is 32.9 Å². The van der Waals surface area contributed by atoms with Crippen LogP contribution in [0.4, 0.5) is 0 Å². The molecule has 2 rings (SSSR count). The first kappa shape index (κ1) is 15.7. The molecule has 0 saturated carbocycles. The SMILES string of the molecule is COC(=O)/C=C/c1cnn(C(=O)c2c(C)cc(C)cc2C)c1. The third-order valence-electron chi connectivity index (χ3n) is 3.31. The molecular formula is C17H18N2O3. The molecule has 5 heteroatoms. The zero-order chi connectivity index (χ0) is 16.3. The average Bonchev–Trinajstić information content (AvgIpc) is 2.92. The highest BCUT2D eigenvalue weighted by molar-refractivity contribution is 5.98. The van der Waals surface area contributed by atoms with E-state index in [2.05, 4.69) is 9.84 Å². The molecule has 0 saturated heterocycles. The van der Waals surface area contributed by atoms with E-state index in [0.717, 1.165) is 16.7 Å². The Labute approximate surface area is 129 Å². The molecule has 0 aliphatic heterocycles. The van der Waals surface area contributed by atoms with Crippen molar-refractivity contribution in [3.05, 3.63) is 58.4 Å². The average molecular weight is 298 g/mol. The topological polar surface area (TPSA) is 61.2 Å². The van der Waals surface area contributed by atoms with Crippen molar-refractivity contribution in [1.29, 1.82) is 0 Å². The zero-order valence-electron chi connectivity index (χ0n) is 13.1. The molecule has 0 bridgehead atoms. The number of rotatable bonds is 3. The van der Waals surface area contributed by atoms with E-state index in [0.29, 0.717) is 11.1 Å². The molecule has 0 aliphatic rings. The number of aryl methyl sites for hydroxylation is 3. The summed E-state index contributed by atoms with van der Waals surface area (Å²) in [5, 5.41) is 4.06. The highest BCUT2D eigenvalue weighted by Crippen LogP contribution is 2.18. The molecule has 1 heterocycles. The smallest absolute Gasteiger partial charge is 0.330 e. The molecule has 2 aromatic rings. The van der Waals surface area contributed by atoms with E-state index in [9.17, 15) is 9.59 Å². The van der Waals surface area contributed by atoms with Crippen molar-refractivity contribution in [2.75, 3.05) is 7.11 Å². The largest absolute Gasteiger partial charge is 0.466 e. The molecule has 0 unspecified atom stereocenters. The van der Waals surface area contributed by atoms with Crippen LogP contribution in [0.1, 0.15) is 32.6 Å². The summed E-state index contributed by atoms with van der Waals surface area (Å²) in [5.41, 5.74) is 4.27. The van der Waals surface area contributed by atoms with E-state index in [1.54, 1.807) is 12.3 Å². The van der Waals surface area contributed by atoms with Gasteiger partial charge in [-0.05, 0) is 38.0 Å². The fourth-order valence-corrected chi connectivity index (χ4v) is 2.40. The Hall–Kier alpha value is -2.69. The van der Waals surface area contributed by atoms with Crippen molar-refractivity contribution in [2.45, 2.75) is 20.8 Å². The number of carbonyl (C=O) groups is 2. The molecular weight excluding hydrogens is 280 g/mol. The summed E-state index contributed by atoms with van der Waals surface area (Å²) in [6.45, 7) is 5.82. The van der Waals surface area contributed by atoms with Crippen molar-refractivity contribution in [3.63, 3.8) is 0 Å². The number of ether oxygens (including phenoxy) is 1. The molecule has 0 spiro atoms. The van der Waals surface area contributed by atoms with Gasteiger partial charge in [0, 0.05) is 23.4 Å². The molecule has 1 aromatic carbocycles. The number of methoxy groups -OCH3 is 1. The maximum absolute atomic E-state index is 12.6. The lowest BCUT2D eigenvalue weighted by Gasteiger charge is -2.09. The van der Waals surface area contributed by atoms with Crippen LogP contribution in [0.2, 0.25) is 0 Å². The fraction of sp³-hybridized carbons (Fsp3) is 0.235. The Bertz CT molecular complexity index is 734. The minimum absolute atomic E-state index is 0.187. The summed E-state index contributed by atoms with van der Waals surface area (Å²) in [7, 11) is 1.31. The van der Waals surface area contributed by atoms with Crippen LogP contribution in [0.15, 0.2) is 30.6 Å². The van der Waals surface area contributed by atoms with Gasteiger partial charge in [-0.15, -0.1) is 0 Å². The number of hydrogen-bond acceptors (Lipinski definition) is 4. The summed E-state index contributed by atoms with van der Waals surface area (Å²) >= 11 is 0. The Morgan fingerprint density at radius 3 is 2.41 bits per heavy atom. The molecule has 0 fully saturated rings. The van der Waals surface area contributed by atoms with Crippen LogP contribution in [0.25, 0.3) is 6.08 Å². The quantitative estimate of drug-likeness (QED) is 0.645. The first-order chi connectivity index (χ1) is 10.4. The molecule has 114 valence electrons. The Kier molecular flexibility index (Phi) is 4.56. The minimum Gasteiger partial charge on any atom is -0.466 e. The van der Waals surface area contributed by atoms with E-state index in [-0.39, 0.29) is 5.91 Å². The van der Waals surface area contributed by atoms with E-state index < -0.39 is 5.97 Å². The number of benzene rings is 1. The van der Waals surface area contributed by atoms with Gasteiger partial charge in [0.2, 0.25) is 0 Å². The number of nitrogens with zero attached hydrogens (tertiary/aromatic N) is 2. The van der Waals surface area contributed by atoms with Crippen LogP contribution in [-0.2, 0) is 9.53 Å². The normalized spacial score (nSPS) is 10.9. The second kappa shape index (κ2) is 6.39. The van der Waals surface area contributed by atoms with Crippen LogP contribution >= 0.6 is 0 Å². The lowest BCUT2D eigenvalue weighted by Crippen LogP contribution is -2.15. The number of esters is 1. The van der Waals surface area contributed by atoms with Gasteiger partial charge in [-0.1, -0.05) is 17.7 Å². The second-order valence-corrected chi connectivity index (χ2v) is 5.15. The van der Waals surface area contributed by atoms with Gasteiger partial charge in [0.05, 0.1) is 13.3 Å². The van der Waals surface area contributed by atoms with Gasteiger partial charge < -0.3 is 4.74 Å². The van der Waals surface area contributed by atoms with Crippen LogP contribution < -0.4 is 0 Å². The standard InChI is InChI=1S/C17H18N2O3/c1-11-7-12(2)16(13(3)8-11)17(21)19-10-14(9-18-19)5-6-15(20)22-4/h5-10H,1-4H3/b6-5+. The predicted octanol–water partition coefficient (Wildman–Crippen LogP) is 2.68. The number of carbonyl (C=O) groups excluding carboxylic acids is 2. The van der Waals surface area contributed by atoms with E-state index in [4.69, 9.17) is 0 Å². The molecule has 0 amide bonds. The second-order valence-electron chi connectivity index (χ2n) is 5.15. The third kappa shape index (κ3) is 3.31. The highest BCUT2D eigenvalue weighted by atomic mass is 16.5. The molecule has 22 heavy (non-hydrogen) atoms. The lowest BCUT2D eigenvalue weighted by molar-refractivity contribution is -0.134. The van der Waals surface area contributed by atoms with Crippen LogP contribution in [0.3, 0.4) is 0 Å². The highest BCUT2D eigenvalue weighted by Gasteiger charge is 2.15. The van der Waals surface area contributed by atoms with Gasteiger partial charge in [0.1, 0.15) is 0 Å².